The monoisotopic (exact) mass is 297 g/mol. The third kappa shape index (κ3) is 3.17. The van der Waals surface area contributed by atoms with E-state index in [-0.39, 0.29) is 12.3 Å². The second-order valence-electron chi connectivity index (χ2n) is 4.58. The predicted molar refractivity (Wildman–Crippen MR) is 83.3 cm³/mol. The number of halogens is 1. The average molecular weight is 298 g/mol. The number of rotatable bonds is 3. The van der Waals surface area contributed by atoms with Crippen molar-refractivity contribution >= 4 is 34.0 Å². The van der Waals surface area contributed by atoms with E-state index in [0.717, 1.165) is 10.8 Å². The number of nitrogens with zero attached hydrogens (tertiary/aromatic N) is 2. The van der Waals surface area contributed by atoms with Gasteiger partial charge < -0.3 is 5.32 Å². The van der Waals surface area contributed by atoms with E-state index < -0.39 is 0 Å². The summed E-state index contributed by atoms with van der Waals surface area (Å²) in [5, 5.41) is 5.19. The van der Waals surface area contributed by atoms with Crippen LogP contribution in [0.25, 0.3) is 10.8 Å². The molecule has 0 aliphatic rings. The van der Waals surface area contributed by atoms with Gasteiger partial charge in [0.2, 0.25) is 5.91 Å². The Bertz CT molecular complexity index is 799. The molecule has 2 heterocycles. The van der Waals surface area contributed by atoms with E-state index in [4.69, 9.17) is 11.6 Å². The van der Waals surface area contributed by atoms with E-state index in [1.165, 1.54) is 0 Å². The maximum atomic E-state index is 12.1. The van der Waals surface area contributed by atoms with Crippen molar-refractivity contribution in [3.8, 4) is 0 Å². The summed E-state index contributed by atoms with van der Waals surface area (Å²) in [6.45, 7) is 0. The fraction of sp³-hybridized carbons (Fsp3) is 0.0625. The van der Waals surface area contributed by atoms with Crippen LogP contribution < -0.4 is 5.32 Å². The summed E-state index contributed by atoms with van der Waals surface area (Å²) in [6, 6.07) is 13.0. The molecule has 5 heteroatoms. The molecule has 1 amide bonds. The van der Waals surface area contributed by atoms with Crippen LogP contribution in [-0.2, 0) is 11.2 Å². The van der Waals surface area contributed by atoms with Gasteiger partial charge in [-0.25, -0.2) is 4.98 Å². The molecule has 0 radical (unpaired) electrons. The number of anilines is 1. The standard InChI is InChI=1S/C16H12ClN3O/c17-15-7-3-5-12(19-15)8-16(21)20-14-10-18-9-11-4-1-2-6-13(11)14/h1-7,9-10H,8H2,(H,20,21). The van der Waals surface area contributed by atoms with E-state index in [1.54, 1.807) is 30.6 Å². The molecule has 3 aromatic rings. The Morgan fingerprint density at radius 1 is 1.10 bits per heavy atom. The molecule has 0 aliphatic carbocycles. The van der Waals surface area contributed by atoms with Crippen LogP contribution in [0.5, 0.6) is 0 Å². The number of nitrogens with one attached hydrogen (secondary N) is 1. The number of hydrogen-bond acceptors (Lipinski definition) is 3. The first-order valence-corrected chi connectivity index (χ1v) is 6.84. The van der Waals surface area contributed by atoms with Crippen LogP contribution in [-0.4, -0.2) is 15.9 Å². The molecule has 1 aromatic carbocycles. The Hall–Kier alpha value is -2.46. The van der Waals surface area contributed by atoms with Gasteiger partial charge in [-0.3, -0.25) is 9.78 Å². The molecular weight excluding hydrogens is 286 g/mol. The van der Waals surface area contributed by atoms with Crippen LogP contribution in [0.2, 0.25) is 5.15 Å². The second kappa shape index (κ2) is 5.89. The molecule has 0 saturated heterocycles. The summed E-state index contributed by atoms with van der Waals surface area (Å²) >= 11 is 5.81. The van der Waals surface area contributed by atoms with Crippen molar-refractivity contribution in [2.75, 3.05) is 5.32 Å². The second-order valence-corrected chi connectivity index (χ2v) is 4.97. The predicted octanol–water partition coefficient (Wildman–Crippen LogP) is 3.46. The van der Waals surface area contributed by atoms with Gasteiger partial charge in [-0.15, -0.1) is 0 Å². The highest BCUT2D eigenvalue weighted by atomic mass is 35.5. The topological polar surface area (TPSA) is 54.9 Å². The third-order valence-corrected chi connectivity index (χ3v) is 3.27. The fourth-order valence-corrected chi connectivity index (χ4v) is 2.31. The van der Waals surface area contributed by atoms with Crippen molar-refractivity contribution in [1.29, 1.82) is 0 Å². The molecule has 0 aliphatic heterocycles. The van der Waals surface area contributed by atoms with Gasteiger partial charge in [-0.1, -0.05) is 41.9 Å². The van der Waals surface area contributed by atoms with Gasteiger partial charge in [0.05, 0.1) is 24.0 Å². The van der Waals surface area contributed by atoms with Gasteiger partial charge in [0.1, 0.15) is 5.15 Å². The highest BCUT2D eigenvalue weighted by Crippen LogP contribution is 2.21. The molecule has 21 heavy (non-hydrogen) atoms. The van der Waals surface area contributed by atoms with Crippen molar-refractivity contribution in [3.05, 3.63) is 65.7 Å². The van der Waals surface area contributed by atoms with Crippen molar-refractivity contribution < 1.29 is 4.79 Å². The van der Waals surface area contributed by atoms with Crippen LogP contribution in [0.15, 0.2) is 54.9 Å². The highest BCUT2D eigenvalue weighted by Gasteiger charge is 2.08. The normalized spacial score (nSPS) is 10.5. The molecule has 0 atom stereocenters. The number of benzene rings is 1. The summed E-state index contributed by atoms with van der Waals surface area (Å²) in [5.41, 5.74) is 1.33. The lowest BCUT2D eigenvalue weighted by Crippen LogP contribution is -2.15. The van der Waals surface area contributed by atoms with Crippen molar-refractivity contribution in [1.82, 2.24) is 9.97 Å². The van der Waals surface area contributed by atoms with Crippen molar-refractivity contribution in [2.24, 2.45) is 0 Å². The van der Waals surface area contributed by atoms with Crippen LogP contribution in [0, 0.1) is 0 Å². The van der Waals surface area contributed by atoms with Gasteiger partial charge >= 0.3 is 0 Å². The van der Waals surface area contributed by atoms with Crippen LogP contribution in [0.1, 0.15) is 5.69 Å². The number of aromatic nitrogens is 2. The number of carbonyl (C=O) groups excluding carboxylic acids is 1. The van der Waals surface area contributed by atoms with Gasteiger partial charge in [0.15, 0.2) is 0 Å². The van der Waals surface area contributed by atoms with Crippen LogP contribution in [0.3, 0.4) is 0 Å². The molecule has 2 aromatic heterocycles. The van der Waals surface area contributed by atoms with Crippen molar-refractivity contribution in [2.45, 2.75) is 6.42 Å². The van der Waals surface area contributed by atoms with E-state index >= 15 is 0 Å². The van der Waals surface area contributed by atoms with Gasteiger partial charge in [0, 0.05) is 17.0 Å². The lowest BCUT2D eigenvalue weighted by Gasteiger charge is -2.08. The summed E-state index contributed by atoms with van der Waals surface area (Å²) in [7, 11) is 0. The number of amides is 1. The zero-order valence-electron chi connectivity index (χ0n) is 11.1. The van der Waals surface area contributed by atoms with Crippen LogP contribution >= 0.6 is 11.6 Å². The highest BCUT2D eigenvalue weighted by molar-refractivity contribution is 6.29. The molecule has 0 spiro atoms. The smallest absolute Gasteiger partial charge is 0.230 e. The minimum absolute atomic E-state index is 0.150. The zero-order chi connectivity index (χ0) is 14.7. The first-order chi connectivity index (χ1) is 10.2. The summed E-state index contributed by atoms with van der Waals surface area (Å²) < 4.78 is 0. The molecule has 0 unspecified atom stereocenters. The molecule has 3 rings (SSSR count). The molecule has 0 fully saturated rings. The van der Waals surface area contributed by atoms with Gasteiger partial charge in [-0.2, -0.15) is 0 Å². The fourth-order valence-electron chi connectivity index (χ4n) is 2.12. The summed E-state index contributed by atoms with van der Waals surface area (Å²) in [6.07, 6.45) is 3.58. The van der Waals surface area contributed by atoms with E-state index in [2.05, 4.69) is 15.3 Å². The molecule has 1 N–H and O–H groups in total. The van der Waals surface area contributed by atoms with Crippen LogP contribution in [0.4, 0.5) is 5.69 Å². The van der Waals surface area contributed by atoms with Gasteiger partial charge in [-0.05, 0) is 12.1 Å². The number of fused-ring (bicyclic) bond motifs is 1. The Morgan fingerprint density at radius 3 is 2.81 bits per heavy atom. The average Bonchev–Trinajstić information content (AvgIpc) is 2.47. The minimum Gasteiger partial charge on any atom is -0.324 e. The molecular formula is C16H12ClN3O. The summed E-state index contributed by atoms with van der Waals surface area (Å²) in [4.78, 5) is 20.4. The quantitative estimate of drug-likeness (QED) is 0.753. The molecule has 0 bridgehead atoms. The van der Waals surface area contributed by atoms with Gasteiger partial charge in [0.25, 0.3) is 0 Å². The van der Waals surface area contributed by atoms with E-state index in [0.29, 0.717) is 16.5 Å². The lowest BCUT2D eigenvalue weighted by atomic mass is 10.1. The number of pyridine rings is 2. The lowest BCUT2D eigenvalue weighted by molar-refractivity contribution is -0.115. The maximum absolute atomic E-state index is 12.1. The Morgan fingerprint density at radius 2 is 1.95 bits per heavy atom. The number of carbonyl (C=O) groups is 1. The first-order valence-electron chi connectivity index (χ1n) is 6.46. The maximum Gasteiger partial charge on any atom is 0.230 e. The Balaban J connectivity index is 1.80. The number of hydrogen-bond donors (Lipinski definition) is 1. The van der Waals surface area contributed by atoms with E-state index in [1.807, 2.05) is 24.3 Å². The third-order valence-electron chi connectivity index (χ3n) is 3.06. The molecule has 4 nitrogen and oxygen atoms in total. The first kappa shape index (κ1) is 13.5. The summed E-state index contributed by atoms with van der Waals surface area (Å²) in [5.74, 6) is -0.150. The molecule has 0 saturated carbocycles. The largest absolute Gasteiger partial charge is 0.324 e. The Kier molecular flexibility index (Phi) is 3.79. The SMILES string of the molecule is O=C(Cc1cccc(Cl)n1)Nc1cncc2ccccc12. The minimum atomic E-state index is -0.150. The Labute approximate surface area is 126 Å². The molecule has 104 valence electrons. The van der Waals surface area contributed by atoms with Crippen molar-refractivity contribution in [3.63, 3.8) is 0 Å². The van der Waals surface area contributed by atoms with E-state index in [9.17, 15) is 4.79 Å². The zero-order valence-corrected chi connectivity index (χ0v) is 11.8.